The van der Waals surface area contributed by atoms with Gasteiger partial charge < -0.3 is 15.3 Å². The van der Waals surface area contributed by atoms with Crippen molar-refractivity contribution in [2.45, 2.75) is 25.8 Å². The first-order chi connectivity index (χ1) is 6.02. The summed E-state index contributed by atoms with van der Waals surface area (Å²) in [6.45, 7) is 3.81. The highest BCUT2D eigenvalue weighted by Crippen LogP contribution is 1.90. The summed E-state index contributed by atoms with van der Waals surface area (Å²) in [6.07, 6.45) is 1.25. The first-order valence-corrected chi connectivity index (χ1v) is 4.62. The predicted molar refractivity (Wildman–Crippen MR) is 52.9 cm³/mol. The fourth-order valence-corrected chi connectivity index (χ4v) is 1.08. The van der Waals surface area contributed by atoms with Crippen LogP contribution < -0.4 is 5.32 Å². The summed E-state index contributed by atoms with van der Waals surface area (Å²) >= 11 is 0. The van der Waals surface area contributed by atoms with E-state index in [2.05, 4.69) is 10.2 Å². The van der Waals surface area contributed by atoms with Gasteiger partial charge in [0.1, 0.15) is 0 Å². The Kier molecular flexibility index (Phi) is 6.54. The number of aliphatic carboxylic acids is 1. The summed E-state index contributed by atoms with van der Waals surface area (Å²) in [6, 6.07) is 0.0691. The molecule has 0 aliphatic rings. The van der Waals surface area contributed by atoms with Crippen LogP contribution in [0.4, 0.5) is 0 Å². The Hall–Kier alpha value is -0.610. The highest BCUT2D eigenvalue weighted by molar-refractivity contribution is 5.67. The molecule has 1 atom stereocenters. The average molecular weight is 188 g/mol. The first kappa shape index (κ1) is 12.4. The van der Waals surface area contributed by atoms with Crippen molar-refractivity contribution in [1.29, 1.82) is 0 Å². The van der Waals surface area contributed by atoms with Crippen LogP contribution in [-0.4, -0.2) is 49.2 Å². The molecule has 0 bridgehead atoms. The third kappa shape index (κ3) is 9.30. The minimum absolute atomic E-state index is 0.0691. The molecule has 0 radical (unpaired) electrons. The molecule has 0 aromatic heterocycles. The van der Waals surface area contributed by atoms with Crippen LogP contribution in [0.25, 0.3) is 0 Å². The van der Waals surface area contributed by atoms with Crippen molar-refractivity contribution in [3.05, 3.63) is 0 Å². The fourth-order valence-electron chi connectivity index (χ4n) is 1.08. The van der Waals surface area contributed by atoms with Crippen LogP contribution >= 0.6 is 0 Å². The van der Waals surface area contributed by atoms with E-state index in [1.54, 1.807) is 0 Å². The van der Waals surface area contributed by atoms with Gasteiger partial charge in [-0.2, -0.15) is 0 Å². The van der Waals surface area contributed by atoms with E-state index in [0.29, 0.717) is 0 Å². The van der Waals surface area contributed by atoms with Gasteiger partial charge in [0.2, 0.25) is 0 Å². The standard InChI is InChI=1S/C9H20N2O2/c1-8(7-9(12)13)10-5-4-6-11(2)3/h8,10H,4-7H2,1-3H3,(H,12,13). The third-order valence-corrected chi connectivity index (χ3v) is 1.76. The van der Waals surface area contributed by atoms with Crippen LogP contribution in [-0.2, 0) is 4.79 Å². The largest absolute Gasteiger partial charge is 0.481 e. The number of hydrogen-bond donors (Lipinski definition) is 2. The number of nitrogens with zero attached hydrogens (tertiary/aromatic N) is 1. The van der Waals surface area contributed by atoms with Crippen molar-refractivity contribution in [3.8, 4) is 0 Å². The lowest BCUT2D eigenvalue weighted by Crippen LogP contribution is -2.30. The lowest BCUT2D eigenvalue weighted by Gasteiger charge is -2.13. The lowest BCUT2D eigenvalue weighted by molar-refractivity contribution is -0.137. The van der Waals surface area contributed by atoms with E-state index in [9.17, 15) is 4.79 Å². The molecule has 0 fully saturated rings. The highest BCUT2D eigenvalue weighted by Gasteiger charge is 2.05. The van der Waals surface area contributed by atoms with E-state index in [0.717, 1.165) is 19.5 Å². The molecule has 0 saturated heterocycles. The van der Waals surface area contributed by atoms with Crippen molar-refractivity contribution in [2.75, 3.05) is 27.2 Å². The van der Waals surface area contributed by atoms with Crippen LogP contribution in [0, 0.1) is 0 Å². The number of hydrogen-bond acceptors (Lipinski definition) is 3. The van der Waals surface area contributed by atoms with E-state index in [4.69, 9.17) is 5.11 Å². The van der Waals surface area contributed by atoms with Crippen LogP contribution in [0.2, 0.25) is 0 Å². The molecule has 0 rings (SSSR count). The van der Waals surface area contributed by atoms with E-state index < -0.39 is 5.97 Å². The van der Waals surface area contributed by atoms with Gasteiger partial charge in [-0.1, -0.05) is 0 Å². The molecule has 0 aliphatic heterocycles. The average Bonchev–Trinajstić information content (AvgIpc) is 1.96. The van der Waals surface area contributed by atoms with Crippen molar-refractivity contribution in [2.24, 2.45) is 0 Å². The summed E-state index contributed by atoms with van der Waals surface area (Å²) in [4.78, 5) is 12.4. The Labute approximate surface area is 79.9 Å². The van der Waals surface area contributed by atoms with Gasteiger partial charge in [0.05, 0.1) is 6.42 Å². The zero-order valence-corrected chi connectivity index (χ0v) is 8.71. The molecule has 78 valence electrons. The molecule has 1 unspecified atom stereocenters. The van der Waals surface area contributed by atoms with Gasteiger partial charge >= 0.3 is 5.97 Å². The first-order valence-electron chi connectivity index (χ1n) is 4.62. The second kappa shape index (κ2) is 6.86. The SMILES string of the molecule is CC(CC(=O)O)NCCCN(C)C. The van der Waals surface area contributed by atoms with Gasteiger partial charge in [0.15, 0.2) is 0 Å². The van der Waals surface area contributed by atoms with Crippen LogP contribution in [0.3, 0.4) is 0 Å². The Morgan fingerprint density at radius 3 is 2.62 bits per heavy atom. The van der Waals surface area contributed by atoms with E-state index >= 15 is 0 Å². The summed E-state index contributed by atoms with van der Waals surface area (Å²) < 4.78 is 0. The molecule has 13 heavy (non-hydrogen) atoms. The molecule has 4 nitrogen and oxygen atoms in total. The Morgan fingerprint density at radius 2 is 2.15 bits per heavy atom. The van der Waals surface area contributed by atoms with Gasteiger partial charge in [-0.05, 0) is 40.5 Å². The van der Waals surface area contributed by atoms with Crippen molar-refractivity contribution in [1.82, 2.24) is 10.2 Å². The summed E-state index contributed by atoms with van der Waals surface area (Å²) in [5.74, 6) is -0.743. The number of carboxylic acid groups (broad SMARTS) is 1. The monoisotopic (exact) mass is 188 g/mol. The zero-order chi connectivity index (χ0) is 10.3. The Balaban J connectivity index is 3.26. The number of nitrogens with one attached hydrogen (secondary N) is 1. The Bertz CT molecular complexity index is 149. The fraction of sp³-hybridized carbons (Fsp3) is 0.889. The molecule has 4 heteroatoms. The molecule has 0 spiro atoms. The highest BCUT2D eigenvalue weighted by atomic mass is 16.4. The van der Waals surface area contributed by atoms with E-state index in [1.807, 2.05) is 21.0 Å². The molecule has 0 aromatic rings. The number of rotatable bonds is 7. The molecule has 0 saturated carbocycles. The minimum atomic E-state index is -0.743. The van der Waals surface area contributed by atoms with Gasteiger partial charge in [-0.3, -0.25) is 4.79 Å². The van der Waals surface area contributed by atoms with Crippen molar-refractivity contribution in [3.63, 3.8) is 0 Å². The summed E-state index contributed by atoms with van der Waals surface area (Å²) in [7, 11) is 4.06. The van der Waals surface area contributed by atoms with Gasteiger partial charge in [0.25, 0.3) is 0 Å². The maximum atomic E-state index is 10.3. The second-order valence-electron chi connectivity index (χ2n) is 3.61. The second-order valence-corrected chi connectivity index (χ2v) is 3.61. The molecule has 0 aliphatic carbocycles. The summed E-state index contributed by atoms with van der Waals surface area (Å²) in [5, 5.41) is 11.6. The lowest BCUT2D eigenvalue weighted by atomic mass is 10.2. The number of carboxylic acids is 1. The topological polar surface area (TPSA) is 52.6 Å². The van der Waals surface area contributed by atoms with Crippen LogP contribution in [0.1, 0.15) is 19.8 Å². The molecule has 0 amide bonds. The molecular formula is C9H20N2O2. The zero-order valence-electron chi connectivity index (χ0n) is 8.71. The van der Waals surface area contributed by atoms with E-state index in [-0.39, 0.29) is 12.5 Å². The molecular weight excluding hydrogens is 168 g/mol. The van der Waals surface area contributed by atoms with Gasteiger partial charge in [-0.25, -0.2) is 0 Å². The quantitative estimate of drug-likeness (QED) is 0.567. The predicted octanol–water partition coefficient (Wildman–Crippen LogP) is 0.391. The Morgan fingerprint density at radius 1 is 1.54 bits per heavy atom. The molecule has 2 N–H and O–H groups in total. The van der Waals surface area contributed by atoms with Gasteiger partial charge in [-0.15, -0.1) is 0 Å². The third-order valence-electron chi connectivity index (χ3n) is 1.76. The normalized spacial score (nSPS) is 13.2. The molecule has 0 aromatic carbocycles. The van der Waals surface area contributed by atoms with Crippen LogP contribution in [0.15, 0.2) is 0 Å². The smallest absolute Gasteiger partial charge is 0.304 e. The van der Waals surface area contributed by atoms with Crippen LogP contribution in [0.5, 0.6) is 0 Å². The maximum absolute atomic E-state index is 10.3. The van der Waals surface area contributed by atoms with Crippen molar-refractivity contribution < 1.29 is 9.90 Å². The van der Waals surface area contributed by atoms with E-state index in [1.165, 1.54) is 0 Å². The van der Waals surface area contributed by atoms with Crippen molar-refractivity contribution >= 4 is 5.97 Å². The summed E-state index contributed by atoms with van der Waals surface area (Å²) in [5.41, 5.74) is 0. The number of carbonyl (C=O) groups is 1. The molecule has 0 heterocycles. The van der Waals surface area contributed by atoms with Gasteiger partial charge in [0, 0.05) is 6.04 Å². The maximum Gasteiger partial charge on any atom is 0.304 e. The minimum Gasteiger partial charge on any atom is -0.481 e.